The van der Waals surface area contributed by atoms with Crippen LogP contribution in [-0.4, -0.2) is 22.7 Å². The number of anilines is 1. The molecule has 2 aromatic heterocycles. The summed E-state index contributed by atoms with van der Waals surface area (Å²) in [6, 6.07) is 15.1. The largest absolute Gasteiger partial charge is 0.311 e. The van der Waals surface area contributed by atoms with E-state index < -0.39 is 0 Å². The van der Waals surface area contributed by atoms with Gasteiger partial charge >= 0.3 is 0 Å². The molecule has 0 N–H and O–H groups in total. The van der Waals surface area contributed by atoms with Crippen LogP contribution in [0.4, 0.5) is 10.1 Å². The number of aromatic nitrogens is 2. The molecular formula is C20H15ClFN3OS. The van der Waals surface area contributed by atoms with Crippen LogP contribution in [0.1, 0.15) is 15.4 Å². The Labute approximate surface area is 164 Å². The quantitative estimate of drug-likeness (QED) is 0.458. The highest BCUT2D eigenvalue weighted by Crippen LogP contribution is 2.32. The van der Waals surface area contributed by atoms with Crippen LogP contribution >= 0.6 is 22.9 Å². The van der Waals surface area contributed by atoms with Crippen molar-refractivity contribution < 1.29 is 9.18 Å². The Morgan fingerprint density at radius 2 is 1.81 bits per heavy atom. The van der Waals surface area contributed by atoms with Crippen LogP contribution in [0.3, 0.4) is 0 Å². The summed E-state index contributed by atoms with van der Waals surface area (Å²) >= 11 is 7.35. The topological polar surface area (TPSA) is 38.1 Å². The lowest BCUT2D eigenvalue weighted by atomic mass is 10.2. The highest BCUT2D eigenvalue weighted by atomic mass is 35.5. The molecule has 4 aromatic rings. The lowest BCUT2D eigenvalue weighted by Crippen LogP contribution is -2.25. The van der Waals surface area contributed by atoms with Crippen molar-refractivity contribution in [2.75, 3.05) is 11.9 Å². The molecule has 27 heavy (non-hydrogen) atoms. The third kappa shape index (κ3) is 3.22. The highest BCUT2D eigenvalue weighted by molar-refractivity contribution is 7.20. The summed E-state index contributed by atoms with van der Waals surface area (Å²) in [5.41, 5.74) is 2.36. The summed E-state index contributed by atoms with van der Waals surface area (Å²) in [4.78, 5) is 15.9. The van der Waals surface area contributed by atoms with Crippen LogP contribution in [0.2, 0.25) is 5.02 Å². The number of nitrogens with zero attached hydrogens (tertiary/aromatic N) is 3. The van der Waals surface area contributed by atoms with E-state index in [1.54, 1.807) is 19.2 Å². The summed E-state index contributed by atoms with van der Waals surface area (Å²) in [7, 11) is 1.68. The molecule has 0 atom stereocenters. The smallest absolute Gasteiger partial charge is 0.268 e. The first-order valence-corrected chi connectivity index (χ1v) is 9.42. The van der Waals surface area contributed by atoms with Crippen molar-refractivity contribution in [3.63, 3.8) is 0 Å². The van der Waals surface area contributed by atoms with Crippen LogP contribution in [0.5, 0.6) is 0 Å². The van der Waals surface area contributed by atoms with E-state index >= 15 is 0 Å². The van der Waals surface area contributed by atoms with Gasteiger partial charge in [-0.05, 0) is 61.5 Å². The Morgan fingerprint density at radius 3 is 2.48 bits per heavy atom. The van der Waals surface area contributed by atoms with E-state index in [1.165, 1.54) is 28.4 Å². The number of hydrogen-bond donors (Lipinski definition) is 0. The minimum absolute atomic E-state index is 0.148. The maximum Gasteiger partial charge on any atom is 0.268 e. The lowest BCUT2D eigenvalue weighted by molar-refractivity contribution is 0.0997. The van der Waals surface area contributed by atoms with Gasteiger partial charge in [0.05, 0.1) is 16.3 Å². The SMILES string of the molecule is Cc1nn(-c2ccc(Cl)cc2)c2sc(C(=O)N(C)c3ccc(F)cc3)cc12. The zero-order valence-corrected chi connectivity index (χ0v) is 16.2. The van der Waals surface area contributed by atoms with Crippen molar-refractivity contribution in [1.82, 2.24) is 9.78 Å². The van der Waals surface area contributed by atoms with E-state index in [4.69, 9.17) is 11.6 Å². The molecule has 0 aliphatic carbocycles. The average Bonchev–Trinajstić information content (AvgIpc) is 3.23. The van der Waals surface area contributed by atoms with Crippen LogP contribution in [0.25, 0.3) is 15.9 Å². The number of hydrogen-bond acceptors (Lipinski definition) is 3. The van der Waals surface area contributed by atoms with E-state index in [2.05, 4.69) is 5.10 Å². The Balaban J connectivity index is 1.73. The molecule has 0 aliphatic heterocycles. The average molecular weight is 400 g/mol. The monoisotopic (exact) mass is 399 g/mol. The molecule has 136 valence electrons. The zero-order chi connectivity index (χ0) is 19.1. The first-order valence-electron chi connectivity index (χ1n) is 8.23. The fourth-order valence-electron chi connectivity index (χ4n) is 2.86. The van der Waals surface area contributed by atoms with E-state index in [0.29, 0.717) is 15.6 Å². The summed E-state index contributed by atoms with van der Waals surface area (Å²) in [6.07, 6.45) is 0. The minimum Gasteiger partial charge on any atom is -0.311 e. The number of fused-ring (bicyclic) bond motifs is 1. The van der Waals surface area contributed by atoms with Gasteiger partial charge < -0.3 is 4.90 Å². The molecule has 0 saturated carbocycles. The molecule has 0 saturated heterocycles. The van der Waals surface area contributed by atoms with Gasteiger partial charge in [-0.25, -0.2) is 9.07 Å². The Hall–Kier alpha value is -2.70. The summed E-state index contributed by atoms with van der Waals surface area (Å²) < 4.78 is 14.9. The van der Waals surface area contributed by atoms with Crippen molar-refractivity contribution in [2.45, 2.75) is 6.92 Å². The normalized spacial score (nSPS) is 11.1. The molecule has 0 spiro atoms. The molecule has 0 aliphatic rings. The first-order chi connectivity index (χ1) is 12.9. The number of rotatable bonds is 3. The predicted molar refractivity (Wildman–Crippen MR) is 108 cm³/mol. The van der Waals surface area contributed by atoms with Gasteiger partial charge in [-0.2, -0.15) is 5.10 Å². The molecule has 4 nitrogen and oxygen atoms in total. The summed E-state index contributed by atoms with van der Waals surface area (Å²) in [5.74, 6) is -0.481. The highest BCUT2D eigenvalue weighted by Gasteiger charge is 2.20. The second-order valence-electron chi connectivity index (χ2n) is 6.14. The van der Waals surface area contributed by atoms with Gasteiger partial charge in [-0.1, -0.05) is 11.6 Å². The van der Waals surface area contributed by atoms with Gasteiger partial charge in [0.2, 0.25) is 0 Å². The number of halogens is 2. The maximum absolute atomic E-state index is 13.1. The number of amides is 1. The third-order valence-electron chi connectivity index (χ3n) is 4.35. The van der Waals surface area contributed by atoms with Crippen molar-refractivity contribution in [3.05, 3.63) is 76.0 Å². The fourth-order valence-corrected chi connectivity index (χ4v) is 4.14. The van der Waals surface area contributed by atoms with Gasteiger partial charge in [-0.15, -0.1) is 11.3 Å². The van der Waals surface area contributed by atoms with Gasteiger partial charge in [0, 0.05) is 23.1 Å². The molecule has 0 unspecified atom stereocenters. The van der Waals surface area contributed by atoms with Crippen molar-refractivity contribution in [1.29, 1.82) is 0 Å². The second-order valence-corrected chi connectivity index (χ2v) is 7.61. The number of carbonyl (C=O) groups excluding carboxylic acids is 1. The molecule has 0 bridgehead atoms. The maximum atomic E-state index is 13.1. The van der Waals surface area contributed by atoms with Crippen LogP contribution < -0.4 is 4.90 Å². The van der Waals surface area contributed by atoms with Gasteiger partial charge in [0.1, 0.15) is 10.6 Å². The molecule has 7 heteroatoms. The van der Waals surface area contributed by atoms with Crippen molar-refractivity contribution in [2.24, 2.45) is 0 Å². The van der Waals surface area contributed by atoms with Gasteiger partial charge in [-0.3, -0.25) is 4.79 Å². The molecule has 0 radical (unpaired) electrons. The van der Waals surface area contributed by atoms with Gasteiger partial charge in [0.15, 0.2) is 0 Å². The van der Waals surface area contributed by atoms with Crippen LogP contribution in [-0.2, 0) is 0 Å². The van der Waals surface area contributed by atoms with Crippen LogP contribution in [0, 0.1) is 12.7 Å². The Morgan fingerprint density at radius 1 is 1.15 bits per heavy atom. The first kappa shape index (κ1) is 17.7. The van der Waals surface area contributed by atoms with E-state index in [9.17, 15) is 9.18 Å². The van der Waals surface area contributed by atoms with Gasteiger partial charge in [0.25, 0.3) is 5.91 Å². The molecule has 2 heterocycles. The lowest BCUT2D eigenvalue weighted by Gasteiger charge is -2.16. The Bertz CT molecular complexity index is 1130. The number of aryl methyl sites for hydroxylation is 1. The minimum atomic E-state index is -0.333. The predicted octanol–water partition coefficient (Wildman–Crippen LogP) is 5.46. The molecule has 2 aromatic carbocycles. The fraction of sp³-hybridized carbons (Fsp3) is 0.100. The number of thiophene rings is 1. The van der Waals surface area contributed by atoms with E-state index in [-0.39, 0.29) is 11.7 Å². The molecular weight excluding hydrogens is 385 g/mol. The van der Waals surface area contributed by atoms with Crippen molar-refractivity contribution >= 4 is 44.7 Å². The molecule has 4 rings (SSSR count). The third-order valence-corrected chi connectivity index (χ3v) is 5.70. The standard InChI is InChI=1S/C20H15ClFN3OS/c1-12-17-11-18(19(26)24(2)15-9-5-14(22)6-10-15)27-20(17)25(23-12)16-7-3-13(21)4-8-16/h3-11H,1-2H3. The summed E-state index contributed by atoms with van der Waals surface area (Å²) in [6.45, 7) is 1.92. The van der Waals surface area contributed by atoms with E-state index in [1.807, 2.05) is 41.9 Å². The van der Waals surface area contributed by atoms with Crippen LogP contribution in [0.15, 0.2) is 54.6 Å². The van der Waals surface area contributed by atoms with E-state index in [0.717, 1.165) is 21.6 Å². The molecule has 0 fully saturated rings. The van der Waals surface area contributed by atoms with Crippen molar-refractivity contribution in [3.8, 4) is 5.69 Å². The summed E-state index contributed by atoms with van der Waals surface area (Å²) in [5, 5.41) is 6.17. The number of benzene rings is 2. The molecule has 1 amide bonds. The zero-order valence-electron chi connectivity index (χ0n) is 14.6. The number of carbonyl (C=O) groups is 1. The second kappa shape index (κ2) is 6.79. The Kier molecular flexibility index (Phi) is 4.45.